The normalized spacial score (nSPS) is 28.6. The third-order valence-corrected chi connectivity index (χ3v) is 5.70. The highest BCUT2D eigenvalue weighted by molar-refractivity contribution is 6.29. The first kappa shape index (κ1) is 16.8. The molecule has 2 aliphatic rings. The summed E-state index contributed by atoms with van der Waals surface area (Å²) in [6.07, 6.45) is 5.97. The second kappa shape index (κ2) is 7.21. The highest BCUT2D eigenvalue weighted by Gasteiger charge is 2.48. The predicted molar refractivity (Wildman–Crippen MR) is 97.1 cm³/mol. The van der Waals surface area contributed by atoms with E-state index in [1.54, 1.807) is 0 Å². The van der Waals surface area contributed by atoms with Crippen LogP contribution in [-0.4, -0.2) is 11.0 Å². The topological polar surface area (TPSA) is 24.9 Å². The summed E-state index contributed by atoms with van der Waals surface area (Å²) in [7, 11) is 0. The molecule has 4 rings (SSSR count). The fraction of sp³-hybridized carbons (Fsp3) is 0.421. The Bertz CT molecular complexity index is 630. The summed E-state index contributed by atoms with van der Waals surface area (Å²) in [6.45, 7) is 0.976. The van der Waals surface area contributed by atoms with Crippen LogP contribution in [0.5, 0.6) is 0 Å². The predicted octanol–water partition coefficient (Wildman–Crippen LogP) is 4.83. The van der Waals surface area contributed by atoms with Crippen molar-refractivity contribution in [3.8, 4) is 0 Å². The van der Waals surface area contributed by atoms with Crippen molar-refractivity contribution in [2.75, 3.05) is 0 Å². The van der Waals surface area contributed by atoms with Crippen LogP contribution in [0.15, 0.2) is 48.7 Å². The summed E-state index contributed by atoms with van der Waals surface area (Å²) in [5.74, 6) is 2.21. The van der Waals surface area contributed by atoms with Crippen LogP contribution in [0, 0.1) is 11.8 Å². The molecule has 122 valence electrons. The Morgan fingerprint density at radius 1 is 1.09 bits per heavy atom. The van der Waals surface area contributed by atoms with Crippen LogP contribution in [0.2, 0.25) is 5.15 Å². The molecule has 1 heterocycles. The molecule has 23 heavy (non-hydrogen) atoms. The second-order valence-electron chi connectivity index (χ2n) is 6.65. The number of nitrogens with one attached hydrogen (secondary N) is 1. The van der Waals surface area contributed by atoms with Crippen LogP contribution in [-0.2, 0) is 6.54 Å². The molecular weight excluding hydrogens is 327 g/mol. The van der Waals surface area contributed by atoms with Gasteiger partial charge in [-0.25, -0.2) is 4.98 Å². The molecule has 2 nitrogen and oxygen atoms in total. The minimum absolute atomic E-state index is 0. The van der Waals surface area contributed by atoms with E-state index in [0.717, 1.165) is 18.4 Å². The zero-order valence-electron chi connectivity index (χ0n) is 13.0. The summed E-state index contributed by atoms with van der Waals surface area (Å²) >= 11 is 5.92. The van der Waals surface area contributed by atoms with Crippen molar-refractivity contribution >= 4 is 24.0 Å². The van der Waals surface area contributed by atoms with E-state index in [2.05, 4.69) is 46.7 Å². The molecule has 0 amide bonds. The summed E-state index contributed by atoms with van der Waals surface area (Å²) in [6, 6.07) is 15.4. The molecule has 4 atom stereocenters. The number of hydrogen-bond acceptors (Lipinski definition) is 2. The lowest BCUT2D eigenvalue weighted by molar-refractivity contribution is 0.397. The lowest BCUT2D eigenvalue weighted by Gasteiger charge is -2.23. The molecule has 4 heteroatoms. The van der Waals surface area contributed by atoms with Gasteiger partial charge in [-0.2, -0.15) is 0 Å². The molecule has 2 fully saturated rings. The van der Waals surface area contributed by atoms with Gasteiger partial charge in [0.05, 0.1) is 0 Å². The molecule has 0 saturated heterocycles. The molecule has 2 aliphatic carbocycles. The van der Waals surface area contributed by atoms with E-state index in [1.807, 2.05) is 12.3 Å². The van der Waals surface area contributed by atoms with Crippen LogP contribution >= 0.6 is 24.0 Å². The highest BCUT2D eigenvalue weighted by Crippen LogP contribution is 2.53. The molecule has 0 radical (unpaired) electrons. The van der Waals surface area contributed by atoms with Crippen LogP contribution in [0.25, 0.3) is 0 Å². The first-order valence-corrected chi connectivity index (χ1v) is 8.58. The average molecular weight is 349 g/mol. The number of rotatable bonds is 4. The van der Waals surface area contributed by atoms with E-state index in [1.165, 1.54) is 30.4 Å². The number of fused-ring (bicyclic) bond motifs is 2. The van der Waals surface area contributed by atoms with Crippen molar-refractivity contribution in [2.45, 2.75) is 37.8 Å². The third-order valence-electron chi connectivity index (χ3n) is 5.48. The van der Waals surface area contributed by atoms with Crippen LogP contribution < -0.4 is 5.32 Å². The van der Waals surface area contributed by atoms with Crippen molar-refractivity contribution in [1.29, 1.82) is 0 Å². The molecule has 2 bridgehead atoms. The number of aromatic nitrogens is 1. The molecule has 0 unspecified atom stereocenters. The molecule has 1 aromatic carbocycles. The fourth-order valence-electron chi connectivity index (χ4n) is 4.47. The van der Waals surface area contributed by atoms with Crippen molar-refractivity contribution in [3.05, 3.63) is 64.9 Å². The Balaban J connectivity index is 0.00000156. The minimum Gasteiger partial charge on any atom is -0.309 e. The van der Waals surface area contributed by atoms with Crippen molar-refractivity contribution in [3.63, 3.8) is 0 Å². The number of hydrogen-bond donors (Lipinski definition) is 1. The largest absolute Gasteiger partial charge is 0.309 e. The Morgan fingerprint density at radius 3 is 2.65 bits per heavy atom. The van der Waals surface area contributed by atoms with Gasteiger partial charge in [-0.05, 0) is 54.2 Å². The first-order valence-electron chi connectivity index (χ1n) is 8.20. The van der Waals surface area contributed by atoms with Crippen molar-refractivity contribution in [1.82, 2.24) is 10.3 Å². The Hall–Kier alpha value is -1.09. The molecular formula is C19H22Cl2N2. The quantitative estimate of drug-likeness (QED) is 0.800. The zero-order valence-corrected chi connectivity index (χ0v) is 14.6. The Labute approximate surface area is 149 Å². The van der Waals surface area contributed by atoms with Crippen LogP contribution in [0.4, 0.5) is 0 Å². The second-order valence-corrected chi connectivity index (χ2v) is 7.04. The molecule has 2 aromatic rings. The fourth-order valence-corrected chi connectivity index (χ4v) is 4.58. The van der Waals surface area contributed by atoms with Gasteiger partial charge in [-0.15, -0.1) is 12.4 Å². The third kappa shape index (κ3) is 3.40. The lowest BCUT2D eigenvalue weighted by Crippen LogP contribution is -2.33. The van der Waals surface area contributed by atoms with Crippen molar-refractivity contribution < 1.29 is 0 Å². The van der Waals surface area contributed by atoms with E-state index in [9.17, 15) is 0 Å². The van der Waals surface area contributed by atoms with E-state index in [0.29, 0.717) is 17.1 Å². The van der Waals surface area contributed by atoms with E-state index >= 15 is 0 Å². The van der Waals surface area contributed by atoms with Gasteiger partial charge < -0.3 is 5.32 Å². The molecule has 1 N–H and O–H groups in total. The van der Waals surface area contributed by atoms with Gasteiger partial charge in [0.15, 0.2) is 0 Å². The maximum Gasteiger partial charge on any atom is 0.129 e. The van der Waals surface area contributed by atoms with E-state index in [-0.39, 0.29) is 12.4 Å². The van der Waals surface area contributed by atoms with Gasteiger partial charge in [0.25, 0.3) is 0 Å². The van der Waals surface area contributed by atoms with Gasteiger partial charge in [-0.1, -0.05) is 48.0 Å². The van der Waals surface area contributed by atoms with E-state index in [4.69, 9.17) is 11.6 Å². The van der Waals surface area contributed by atoms with Crippen molar-refractivity contribution in [2.24, 2.45) is 11.8 Å². The highest BCUT2D eigenvalue weighted by atomic mass is 35.5. The summed E-state index contributed by atoms with van der Waals surface area (Å²) in [5.41, 5.74) is 2.74. The van der Waals surface area contributed by atoms with E-state index < -0.39 is 0 Å². The number of benzene rings is 1. The standard InChI is InChI=1S/C19H21ClN2.ClH/c20-18-9-7-15(12-21-18)17-10-14-6-8-16(17)19(14)22-11-13-4-2-1-3-5-13;/h1-5,7,9,12,14,16-17,19,22H,6,8,10-11H2;1H/t14-,16+,17+,19-;/m0./s1. The molecule has 0 aliphatic heterocycles. The number of halogens is 2. The molecule has 0 spiro atoms. The summed E-state index contributed by atoms with van der Waals surface area (Å²) in [5, 5.41) is 4.41. The lowest BCUT2D eigenvalue weighted by atomic mass is 9.84. The molecule has 1 aromatic heterocycles. The molecule has 2 saturated carbocycles. The smallest absolute Gasteiger partial charge is 0.129 e. The Kier molecular flexibility index (Phi) is 5.25. The van der Waals surface area contributed by atoms with Crippen LogP contribution in [0.1, 0.15) is 36.3 Å². The number of nitrogens with zero attached hydrogens (tertiary/aromatic N) is 1. The van der Waals surface area contributed by atoms with Gasteiger partial charge in [0, 0.05) is 18.8 Å². The minimum atomic E-state index is 0. The van der Waals surface area contributed by atoms with Gasteiger partial charge in [-0.3, -0.25) is 0 Å². The first-order chi connectivity index (χ1) is 10.8. The van der Waals surface area contributed by atoms with Gasteiger partial charge in [0.1, 0.15) is 5.15 Å². The monoisotopic (exact) mass is 348 g/mol. The van der Waals surface area contributed by atoms with Crippen LogP contribution in [0.3, 0.4) is 0 Å². The zero-order chi connectivity index (χ0) is 14.9. The summed E-state index contributed by atoms with van der Waals surface area (Å²) < 4.78 is 0. The SMILES string of the molecule is Cl.Clc1ccc([C@H]2C[C@@H]3CC[C@H]2[C@H]3NCc2ccccc2)cn1. The van der Waals surface area contributed by atoms with Gasteiger partial charge in [0.2, 0.25) is 0 Å². The number of pyridine rings is 1. The van der Waals surface area contributed by atoms with Gasteiger partial charge >= 0.3 is 0 Å². The average Bonchev–Trinajstić information content (AvgIpc) is 3.11. The maximum absolute atomic E-state index is 5.92. The Morgan fingerprint density at radius 2 is 1.91 bits per heavy atom. The summed E-state index contributed by atoms with van der Waals surface area (Å²) in [4.78, 5) is 4.27. The maximum atomic E-state index is 5.92.